The highest BCUT2D eigenvalue weighted by atomic mass is 16.5. The maximum absolute atomic E-state index is 12.2. The summed E-state index contributed by atoms with van der Waals surface area (Å²) in [4.78, 5) is 16.4. The lowest BCUT2D eigenvalue weighted by Crippen LogP contribution is -2.39. The van der Waals surface area contributed by atoms with Crippen molar-refractivity contribution in [3.8, 4) is 11.5 Å². The molecule has 2 aliphatic rings. The number of piperidine rings is 1. The van der Waals surface area contributed by atoms with Gasteiger partial charge in [0.05, 0.1) is 12.6 Å². The second-order valence-corrected chi connectivity index (χ2v) is 7.32. The van der Waals surface area contributed by atoms with Crippen molar-refractivity contribution < 1.29 is 14.3 Å². The molecule has 28 heavy (non-hydrogen) atoms. The molecular formula is C21H32N4O3. The number of carbonyl (C=O) groups is 1. The number of amides is 1. The van der Waals surface area contributed by atoms with Crippen LogP contribution in [-0.2, 0) is 4.79 Å². The summed E-state index contributed by atoms with van der Waals surface area (Å²) in [6.07, 6.45) is 1.01. The lowest BCUT2D eigenvalue weighted by molar-refractivity contribution is -0.132. The molecule has 3 rings (SSSR count). The summed E-state index contributed by atoms with van der Waals surface area (Å²) < 4.78 is 11.6. The summed E-state index contributed by atoms with van der Waals surface area (Å²) in [7, 11) is 2.15. The quantitative estimate of drug-likeness (QED) is 0.740. The van der Waals surface area contributed by atoms with Crippen LogP contribution >= 0.6 is 0 Å². The number of likely N-dealkylation sites (tertiary alicyclic amines) is 1. The summed E-state index contributed by atoms with van der Waals surface area (Å²) in [5.74, 6) is 1.64. The Bertz CT molecular complexity index is 718. The van der Waals surface area contributed by atoms with Crippen molar-refractivity contribution in [3.05, 3.63) is 23.8 Å². The standard InChI is InChI=1S/C21H32N4O3/c1-5-25(6-2)20(26)14-28-18-9-8-15(12-19(18)27-7-3)21-16-13-24(4)11-10-17(16)22-23-21/h8-9,12,16,21,23H,5-7,10-11,13-14H2,1-4H3. The number of benzene rings is 1. The topological polar surface area (TPSA) is 66.4 Å². The predicted octanol–water partition coefficient (Wildman–Crippen LogP) is 2.28. The third kappa shape index (κ3) is 4.41. The van der Waals surface area contributed by atoms with Crippen molar-refractivity contribution in [2.24, 2.45) is 11.0 Å². The first kappa shape index (κ1) is 20.5. The van der Waals surface area contributed by atoms with E-state index in [2.05, 4.69) is 22.5 Å². The highest BCUT2D eigenvalue weighted by molar-refractivity contribution is 5.90. The Balaban J connectivity index is 1.73. The van der Waals surface area contributed by atoms with Crippen LogP contribution in [0.1, 0.15) is 38.8 Å². The van der Waals surface area contributed by atoms with Gasteiger partial charge in [0.25, 0.3) is 5.91 Å². The van der Waals surface area contributed by atoms with E-state index in [9.17, 15) is 4.79 Å². The van der Waals surface area contributed by atoms with Gasteiger partial charge in [0.15, 0.2) is 18.1 Å². The molecule has 1 N–H and O–H groups in total. The molecule has 7 heteroatoms. The summed E-state index contributed by atoms with van der Waals surface area (Å²) in [6.45, 7) is 9.86. The summed E-state index contributed by atoms with van der Waals surface area (Å²) >= 11 is 0. The minimum Gasteiger partial charge on any atom is -0.490 e. The van der Waals surface area contributed by atoms with Gasteiger partial charge in [-0.3, -0.25) is 4.79 Å². The Morgan fingerprint density at radius 3 is 2.75 bits per heavy atom. The lowest BCUT2D eigenvalue weighted by Gasteiger charge is -2.31. The van der Waals surface area contributed by atoms with Gasteiger partial charge in [-0.25, -0.2) is 0 Å². The van der Waals surface area contributed by atoms with Crippen LogP contribution in [0, 0.1) is 5.92 Å². The van der Waals surface area contributed by atoms with E-state index in [-0.39, 0.29) is 18.6 Å². The Labute approximate surface area is 167 Å². The van der Waals surface area contributed by atoms with Gasteiger partial charge < -0.3 is 24.7 Å². The third-order valence-corrected chi connectivity index (χ3v) is 5.53. The molecule has 0 saturated carbocycles. The van der Waals surface area contributed by atoms with Gasteiger partial charge in [-0.15, -0.1) is 0 Å². The number of likely N-dealkylation sites (N-methyl/N-ethyl adjacent to an activating group) is 1. The zero-order valence-corrected chi connectivity index (χ0v) is 17.4. The fourth-order valence-corrected chi connectivity index (χ4v) is 3.92. The van der Waals surface area contributed by atoms with Crippen molar-refractivity contribution in [1.29, 1.82) is 0 Å². The zero-order valence-electron chi connectivity index (χ0n) is 17.4. The molecule has 154 valence electrons. The molecule has 7 nitrogen and oxygen atoms in total. The van der Waals surface area contributed by atoms with Gasteiger partial charge in [-0.2, -0.15) is 5.10 Å². The van der Waals surface area contributed by atoms with Gasteiger partial charge in [-0.05, 0) is 45.5 Å². The molecule has 2 aliphatic heterocycles. The van der Waals surface area contributed by atoms with E-state index >= 15 is 0 Å². The molecule has 1 saturated heterocycles. The van der Waals surface area contributed by atoms with Crippen LogP contribution in [0.5, 0.6) is 11.5 Å². The van der Waals surface area contributed by atoms with Crippen LogP contribution < -0.4 is 14.9 Å². The normalized spacial score (nSPS) is 21.5. The molecule has 1 aromatic rings. The van der Waals surface area contributed by atoms with Crippen molar-refractivity contribution in [1.82, 2.24) is 15.2 Å². The maximum atomic E-state index is 12.2. The average Bonchev–Trinajstić information content (AvgIpc) is 3.11. The maximum Gasteiger partial charge on any atom is 0.260 e. The van der Waals surface area contributed by atoms with Crippen LogP contribution in [0.4, 0.5) is 0 Å². The molecule has 0 bridgehead atoms. The molecule has 2 heterocycles. The molecular weight excluding hydrogens is 356 g/mol. The smallest absolute Gasteiger partial charge is 0.260 e. The molecule has 0 aliphatic carbocycles. The van der Waals surface area contributed by atoms with Crippen molar-refractivity contribution >= 4 is 11.6 Å². The van der Waals surface area contributed by atoms with Crippen LogP contribution in [0.2, 0.25) is 0 Å². The average molecular weight is 389 g/mol. The second-order valence-electron chi connectivity index (χ2n) is 7.32. The van der Waals surface area contributed by atoms with E-state index in [0.717, 1.165) is 25.1 Å². The molecule has 1 fully saturated rings. The second kappa shape index (κ2) is 9.28. The number of hydrogen-bond acceptors (Lipinski definition) is 6. The Kier molecular flexibility index (Phi) is 6.78. The Hall–Kier alpha value is -2.28. The third-order valence-electron chi connectivity index (χ3n) is 5.53. The van der Waals surface area contributed by atoms with E-state index in [1.54, 1.807) is 4.90 Å². The first-order chi connectivity index (χ1) is 13.6. The Morgan fingerprint density at radius 2 is 2.04 bits per heavy atom. The molecule has 1 aromatic carbocycles. The summed E-state index contributed by atoms with van der Waals surface area (Å²) in [5.41, 5.74) is 5.69. The van der Waals surface area contributed by atoms with Gasteiger partial charge in [0.1, 0.15) is 0 Å². The summed E-state index contributed by atoms with van der Waals surface area (Å²) in [6, 6.07) is 6.11. The number of hydrazone groups is 1. The zero-order chi connectivity index (χ0) is 20.1. The van der Waals surface area contributed by atoms with E-state index in [0.29, 0.717) is 37.1 Å². The highest BCUT2D eigenvalue weighted by Crippen LogP contribution is 2.36. The van der Waals surface area contributed by atoms with Crippen molar-refractivity contribution in [3.63, 3.8) is 0 Å². The minimum absolute atomic E-state index is 0.0164. The fraction of sp³-hybridized carbons (Fsp3) is 0.619. The van der Waals surface area contributed by atoms with E-state index in [4.69, 9.17) is 9.47 Å². The van der Waals surface area contributed by atoms with E-state index < -0.39 is 0 Å². The molecule has 2 unspecified atom stereocenters. The molecule has 2 atom stereocenters. The number of fused-ring (bicyclic) bond motifs is 1. The summed E-state index contributed by atoms with van der Waals surface area (Å²) in [5, 5.41) is 4.56. The molecule has 0 radical (unpaired) electrons. The van der Waals surface area contributed by atoms with Crippen molar-refractivity contribution in [2.75, 3.05) is 46.4 Å². The van der Waals surface area contributed by atoms with E-state index in [1.807, 2.05) is 39.0 Å². The number of rotatable bonds is 8. The Morgan fingerprint density at radius 1 is 1.25 bits per heavy atom. The minimum atomic E-state index is -0.0164. The fourth-order valence-electron chi connectivity index (χ4n) is 3.92. The largest absolute Gasteiger partial charge is 0.490 e. The number of nitrogens with one attached hydrogen (secondary N) is 1. The number of hydrogen-bond donors (Lipinski definition) is 1. The van der Waals surface area contributed by atoms with Gasteiger partial charge in [0.2, 0.25) is 0 Å². The molecule has 0 spiro atoms. The monoisotopic (exact) mass is 388 g/mol. The van der Waals surface area contributed by atoms with E-state index in [1.165, 1.54) is 5.71 Å². The van der Waals surface area contributed by atoms with Gasteiger partial charge >= 0.3 is 0 Å². The van der Waals surface area contributed by atoms with Gasteiger partial charge in [0, 0.05) is 44.2 Å². The number of nitrogens with zero attached hydrogens (tertiary/aromatic N) is 3. The first-order valence-electron chi connectivity index (χ1n) is 10.2. The first-order valence-corrected chi connectivity index (χ1v) is 10.2. The SMILES string of the molecule is CCOc1cc(C2NN=C3CCN(C)CC32)ccc1OCC(=O)N(CC)CC. The lowest BCUT2D eigenvalue weighted by atomic mass is 9.86. The highest BCUT2D eigenvalue weighted by Gasteiger charge is 2.36. The van der Waals surface area contributed by atoms with Crippen LogP contribution in [0.3, 0.4) is 0 Å². The predicted molar refractivity (Wildman–Crippen MR) is 110 cm³/mol. The van der Waals surface area contributed by atoms with Crippen LogP contribution in [-0.4, -0.2) is 67.9 Å². The van der Waals surface area contributed by atoms with Gasteiger partial charge in [-0.1, -0.05) is 6.07 Å². The molecule has 0 aromatic heterocycles. The number of carbonyl (C=O) groups excluding carboxylic acids is 1. The van der Waals surface area contributed by atoms with Crippen molar-refractivity contribution in [2.45, 2.75) is 33.2 Å². The number of ether oxygens (including phenoxy) is 2. The molecule has 1 amide bonds. The van der Waals surface area contributed by atoms with Crippen LogP contribution in [0.25, 0.3) is 0 Å². The van der Waals surface area contributed by atoms with Crippen LogP contribution in [0.15, 0.2) is 23.3 Å².